The highest BCUT2D eigenvalue weighted by Gasteiger charge is 2.26. The van der Waals surface area contributed by atoms with Crippen molar-refractivity contribution in [1.29, 1.82) is 0 Å². The minimum absolute atomic E-state index is 0.0701. The Kier molecular flexibility index (Phi) is 6.02. The summed E-state index contributed by atoms with van der Waals surface area (Å²) in [5.74, 6) is -0.715. The molecule has 0 radical (unpaired) electrons. The van der Waals surface area contributed by atoms with Gasteiger partial charge in [-0.1, -0.05) is 57.4 Å². The molecule has 4 rings (SSSR count). The van der Waals surface area contributed by atoms with Gasteiger partial charge in [-0.3, -0.25) is 0 Å². The van der Waals surface area contributed by atoms with Gasteiger partial charge >= 0.3 is 11.9 Å². The highest BCUT2D eigenvalue weighted by Crippen LogP contribution is 2.29. The second-order valence-corrected chi connectivity index (χ2v) is 8.08. The molecule has 0 N–H and O–H groups in total. The zero-order valence-electron chi connectivity index (χ0n) is 16.3. The molecule has 0 atom stereocenters. The van der Waals surface area contributed by atoms with E-state index in [1.165, 1.54) is 6.08 Å². The molecular weight excluding hydrogens is 482 g/mol. The van der Waals surface area contributed by atoms with Gasteiger partial charge in [-0.2, -0.15) is 0 Å². The van der Waals surface area contributed by atoms with E-state index in [4.69, 9.17) is 21.1 Å². The van der Waals surface area contributed by atoms with Crippen LogP contribution in [0.2, 0.25) is 5.02 Å². The Bertz CT molecular complexity index is 1250. The first-order valence-electron chi connectivity index (χ1n) is 9.26. The summed E-state index contributed by atoms with van der Waals surface area (Å²) in [7, 11) is 0. The van der Waals surface area contributed by atoms with E-state index in [0.717, 1.165) is 10.0 Å². The first-order valence-corrected chi connectivity index (χ1v) is 10.4. The zero-order valence-corrected chi connectivity index (χ0v) is 18.6. The van der Waals surface area contributed by atoms with Gasteiger partial charge < -0.3 is 9.47 Å². The number of benzene rings is 3. The maximum atomic E-state index is 12.6. The van der Waals surface area contributed by atoms with Crippen LogP contribution < -0.4 is 4.74 Å². The van der Waals surface area contributed by atoms with Crippen molar-refractivity contribution in [3.8, 4) is 5.75 Å². The lowest BCUT2D eigenvalue weighted by molar-refractivity contribution is -0.129. The normalized spacial score (nSPS) is 14.4. The third-order valence-electron chi connectivity index (χ3n) is 4.48. The van der Waals surface area contributed by atoms with Crippen molar-refractivity contribution in [3.05, 3.63) is 104 Å². The predicted octanol–water partition coefficient (Wildman–Crippen LogP) is 5.97. The standard InChI is InChI=1S/C24H15BrClNO4/c1-14-6-8-15(9-7-14)23(28)30-21-11-10-17(25)12-16(21)13-20-24(29)31-22(27-20)18-4-2-3-5-19(18)26/h2-13H,1H3/b20-13-. The maximum absolute atomic E-state index is 12.6. The van der Waals surface area contributed by atoms with Crippen molar-refractivity contribution in [2.45, 2.75) is 6.92 Å². The van der Waals surface area contributed by atoms with Crippen molar-refractivity contribution >= 4 is 51.4 Å². The van der Waals surface area contributed by atoms with E-state index in [1.807, 2.05) is 19.1 Å². The minimum Gasteiger partial charge on any atom is -0.422 e. The van der Waals surface area contributed by atoms with Crippen LogP contribution in [-0.2, 0) is 9.53 Å². The molecule has 0 bridgehead atoms. The van der Waals surface area contributed by atoms with Crippen LogP contribution in [0, 0.1) is 6.92 Å². The lowest BCUT2D eigenvalue weighted by Crippen LogP contribution is -2.09. The van der Waals surface area contributed by atoms with E-state index >= 15 is 0 Å². The van der Waals surface area contributed by atoms with Gasteiger partial charge in [0.15, 0.2) is 5.70 Å². The van der Waals surface area contributed by atoms with Gasteiger partial charge in [0.25, 0.3) is 0 Å². The molecule has 0 spiro atoms. The Labute approximate surface area is 192 Å². The average molecular weight is 497 g/mol. The topological polar surface area (TPSA) is 65.0 Å². The van der Waals surface area contributed by atoms with Crippen LogP contribution in [0.5, 0.6) is 5.75 Å². The summed E-state index contributed by atoms with van der Waals surface area (Å²) in [6.45, 7) is 1.94. The molecule has 0 unspecified atom stereocenters. The molecular formula is C24H15BrClNO4. The first-order chi connectivity index (χ1) is 14.9. The molecule has 31 heavy (non-hydrogen) atoms. The molecule has 1 aliphatic rings. The minimum atomic E-state index is -0.620. The molecule has 0 amide bonds. The van der Waals surface area contributed by atoms with Gasteiger partial charge in [0.1, 0.15) is 5.75 Å². The maximum Gasteiger partial charge on any atom is 0.363 e. The fourth-order valence-corrected chi connectivity index (χ4v) is 3.48. The van der Waals surface area contributed by atoms with Crippen molar-refractivity contribution in [2.24, 2.45) is 4.99 Å². The lowest BCUT2D eigenvalue weighted by atomic mass is 10.1. The van der Waals surface area contributed by atoms with Crippen molar-refractivity contribution < 1.29 is 19.1 Å². The third-order valence-corrected chi connectivity index (χ3v) is 5.30. The molecule has 1 aliphatic heterocycles. The monoisotopic (exact) mass is 495 g/mol. The summed E-state index contributed by atoms with van der Waals surface area (Å²) in [5.41, 5.74) is 2.54. The number of aliphatic imine (C=N–C) groups is 1. The van der Waals surface area contributed by atoms with Crippen LogP contribution in [0.15, 0.2) is 81.9 Å². The van der Waals surface area contributed by atoms with Gasteiger partial charge in [-0.15, -0.1) is 0 Å². The lowest BCUT2D eigenvalue weighted by Gasteiger charge is -2.08. The molecule has 1 heterocycles. The van der Waals surface area contributed by atoms with Gasteiger partial charge in [-0.05, 0) is 55.5 Å². The number of ether oxygens (including phenoxy) is 2. The summed E-state index contributed by atoms with van der Waals surface area (Å²) >= 11 is 9.57. The number of cyclic esters (lactones) is 1. The second-order valence-electron chi connectivity index (χ2n) is 6.75. The third kappa shape index (κ3) is 4.76. The van der Waals surface area contributed by atoms with Crippen molar-refractivity contribution in [2.75, 3.05) is 0 Å². The van der Waals surface area contributed by atoms with Crippen LogP contribution in [-0.4, -0.2) is 17.8 Å². The quantitative estimate of drug-likeness (QED) is 0.253. The van der Waals surface area contributed by atoms with Gasteiger partial charge in [0.05, 0.1) is 16.1 Å². The highest BCUT2D eigenvalue weighted by atomic mass is 79.9. The molecule has 0 fully saturated rings. The van der Waals surface area contributed by atoms with Gasteiger partial charge in [0, 0.05) is 10.0 Å². The Morgan fingerprint density at radius 2 is 1.84 bits per heavy atom. The summed E-state index contributed by atoms with van der Waals surface area (Å²) in [6, 6.07) is 19.1. The molecule has 0 saturated heterocycles. The van der Waals surface area contributed by atoms with Crippen LogP contribution in [0.1, 0.15) is 27.0 Å². The number of halogens is 2. The Morgan fingerprint density at radius 1 is 1.10 bits per heavy atom. The number of nitrogens with zero attached hydrogens (tertiary/aromatic N) is 1. The van der Waals surface area contributed by atoms with Gasteiger partial charge in [0.2, 0.25) is 5.90 Å². The fraction of sp³-hybridized carbons (Fsp3) is 0.0417. The Morgan fingerprint density at radius 3 is 2.58 bits per heavy atom. The summed E-state index contributed by atoms with van der Waals surface area (Å²) in [4.78, 5) is 29.2. The molecule has 3 aromatic carbocycles. The highest BCUT2D eigenvalue weighted by molar-refractivity contribution is 9.10. The molecule has 5 nitrogen and oxygen atoms in total. The average Bonchev–Trinajstić information content (AvgIpc) is 3.10. The van der Waals surface area contributed by atoms with Gasteiger partial charge in [-0.25, -0.2) is 14.6 Å². The van der Waals surface area contributed by atoms with Crippen LogP contribution in [0.3, 0.4) is 0 Å². The fourth-order valence-electron chi connectivity index (χ4n) is 2.88. The SMILES string of the molecule is Cc1ccc(C(=O)Oc2ccc(Br)cc2/C=C2\N=C(c3ccccc3Cl)OC2=O)cc1. The van der Waals surface area contributed by atoms with Crippen molar-refractivity contribution in [1.82, 2.24) is 0 Å². The van der Waals surface area contributed by atoms with E-state index < -0.39 is 11.9 Å². The largest absolute Gasteiger partial charge is 0.422 e. The first kappa shape index (κ1) is 21.0. The number of hydrogen-bond acceptors (Lipinski definition) is 5. The summed E-state index contributed by atoms with van der Waals surface area (Å²) in [5, 5.41) is 0.422. The van der Waals surface area contributed by atoms with Crippen molar-refractivity contribution in [3.63, 3.8) is 0 Å². The van der Waals surface area contributed by atoms with E-state index in [9.17, 15) is 9.59 Å². The van der Waals surface area contributed by atoms with E-state index in [0.29, 0.717) is 21.7 Å². The number of rotatable bonds is 4. The number of hydrogen-bond donors (Lipinski definition) is 0. The number of carbonyl (C=O) groups excluding carboxylic acids is 2. The molecule has 0 aromatic heterocycles. The van der Waals surface area contributed by atoms with E-state index in [-0.39, 0.29) is 17.3 Å². The Balaban J connectivity index is 1.66. The Hall–Kier alpha value is -3.22. The van der Waals surface area contributed by atoms with Crippen LogP contribution in [0.25, 0.3) is 6.08 Å². The predicted molar refractivity (Wildman–Crippen MR) is 122 cm³/mol. The van der Waals surface area contributed by atoms with Crippen LogP contribution in [0.4, 0.5) is 0 Å². The molecule has 3 aromatic rings. The van der Waals surface area contributed by atoms with E-state index in [2.05, 4.69) is 20.9 Å². The summed E-state index contributed by atoms with van der Waals surface area (Å²) in [6.07, 6.45) is 1.51. The van der Waals surface area contributed by atoms with E-state index in [1.54, 1.807) is 54.6 Å². The van der Waals surface area contributed by atoms with Crippen LogP contribution >= 0.6 is 27.5 Å². The summed E-state index contributed by atoms with van der Waals surface area (Å²) < 4.78 is 11.6. The molecule has 0 aliphatic carbocycles. The molecule has 7 heteroatoms. The molecule has 0 saturated carbocycles. The molecule has 154 valence electrons. The second kappa shape index (κ2) is 8.88. The number of aryl methyl sites for hydroxylation is 1. The smallest absolute Gasteiger partial charge is 0.363 e. The number of carbonyl (C=O) groups is 2. The number of esters is 2. The zero-order chi connectivity index (χ0) is 22.0.